The second-order valence-corrected chi connectivity index (χ2v) is 5.71. The molecule has 2 rings (SSSR count). The van der Waals surface area contributed by atoms with Gasteiger partial charge in [-0.1, -0.05) is 44.2 Å². The van der Waals surface area contributed by atoms with Crippen molar-refractivity contribution in [1.82, 2.24) is 4.90 Å². The van der Waals surface area contributed by atoms with E-state index in [1.807, 2.05) is 44.2 Å². The van der Waals surface area contributed by atoms with Crippen molar-refractivity contribution in [2.75, 3.05) is 6.54 Å². The maximum absolute atomic E-state index is 12.1. The second kappa shape index (κ2) is 5.53. The van der Waals surface area contributed by atoms with E-state index in [1.165, 1.54) is 4.90 Å². The molecule has 1 amide bonds. The summed E-state index contributed by atoms with van der Waals surface area (Å²) in [5.41, 5.74) is 0.448. The number of carboxylic acid groups (broad SMARTS) is 1. The summed E-state index contributed by atoms with van der Waals surface area (Å²) < 4.78 is 5.21. The van der Waals surface area contributed by atoms with Crippen LogP contribution in [0.4, 0.5) is 4.79 Å². The SMILES string of the molecule is CC1(C)CCN(C(=O)OCc2ccccc2)C1C(=O)O. The second-order valence-electron chi connectivity index (χ2n) is 5.71. The number of benzene rings is 1. The maximum Gasteiger partial charge on any atom is 0.410 e. The number of carbonyl (C=O) groups is 2. The van der Waals surface area contributed by atoms with Crippen molar-refractivity contribution in [3.05, 3.63) is 35.9 Å². The first kappa shape index (κ1) is 14.4. The van der Waals surface area contributed by atoms with Crippen LogP contribution in [0.15, 0.2) is 30.3 Å². The predicted octanol–water partition coefficient (Wildman–Crippen LogP) is 2.51. The lowest BCUT2D eigenvalue weighted by atomic mass is 9.85. The highest BCUT2D eigenvalue weighted by Crippen LogP contribution is 2.36. The van der Waals surface area contributed by atoms with Gasteiger partial charge >= 0.3 is 12.1 Å². The van der Waals surface area contributed by atoms with Crippen LogP contribution in [0.2, 0.25) is 0 Å². The highest BCUT2D eigenvalue weighted by molar-refractivity contribution is 5.81. The van der Waals surface area contributed by atoms with Gasteiger partial charge in [0, 0.05) is 6.54 Å². The zero-order chi connectivity index (χ0) is 14.8. The van der Waals surface area contributed by atoms with E-state index in [1.54, 1.807) is 0 Å². The van der Waals surface area contributed by atoms with Crippen molar-refractivity contribution in [2.45, 2.75) is 32.9 Å². The summed E-state index contributed by atoms with van der Waals surface area (Å²) in [7, 11) is 0. The number of carbonyl (C=O) groups excluding carboxylic acids is 1. The van der Waals surface area contributed by atoms with Gasteiger partial charge in [0.15, 0.2) is 0 Å². The van der Waals surface area contributed by atoms with Gasteiger partial charge in [0.1, 0.15) is 12.6 Å². The van der Waals surface area contributed by atoms with Crippen LogP contribution in [0.1, 0.15) is 25.8 Å². The highest BCUT2D eigenvalue weighted by atomic mass is 16.6. The number of ether oxygens (including phenoxy) is 1. The normalized spacial score (nSPS) is 20.7. The zero-order valence-corrected chi connectivity index (χ0v) is 11.7. The van der Waals surface area contributed by atoms with Crippen LogP contribution in [0, 0.1) is 5.41 Å². The number of aliphatic carboxylic acids is 1. The summed E-state index contributed by atoms with van der Waals surface area (Å²) in [6, 6.07) is 8.50. The number of hydrogen-bond donors (Lipinski definition) is 1. The first-order chi connectivity index (χ1) is 9.42. The van der Waals surface area contributed by atoms with Crippen LogP contribution >= 0.6 is 0 Å². The van der Waals surface area contributed by atoms with Crippen molar-refractivity contribution >= 4 is 12.1 Å². The molecule has 1 aliphatic rings. The van der Waals surface area contributed by atoms with E-state index in [2.05, 4.69) is 0 Å². The monoisotopic (exact) mass is 277 g/mol. The van der Waals surface area contributed by atoms with Crippen molar-refractivity contribution < 1.29 is 19.4 Å². The molecule has 1 aliphatic heterocycles. The van der Waals surface area contributed by atoms with E-state index in [0.29, 0.717) is 13.0 Å². The zero-order valence-electron chi connectivity index (χ0n) is 11.7. The number of likely N-dealkylation sites (tertiary alicyclic amines) is 1. The maximum atomic E-state index is 12.1. The molecule has 20 heavy (non-hydrogen) atoms. The van der Waals surface area contributed by atoms with Gasteiger partial charge < -0.3 is 9.84 Å². The molecule has 0 aliphatic carbocycles. The minimum Gasteiger partial charge on any atom is -0.480 e. The molecule has 0 radical (unpaired) electrons. The lowest BCUT2D eigenvalue weighted by Gasteiger charge is -2.28. The fourth-order valence-electron chi connectivity index (χ4n) is 2.56. The Morgan fingerprint density at radius 3 is 2.60 bits per heavy atom. The number of amides is 1. The van der Waals surface area contributed by atoms with Crippen LogP contribution < -0.4 is 0 Å². The third-order valence-corrected chi connectivity index (χ3v) is 3.72. The van der Waals surface area contributed by atoms with Crippen LogP contribution in [0.25, 0.3) is 0 Å². The Labute approximate surface area is 118 Å². The largest absolute Gasteiger partial charge is 0.480 e. The van der Waals surface area contributed by atoms with Gasteiger partial charge in [-0.3, -0.25) is 4.90 Å². The summed E-state index contributed by atoms with van der Waals surface area (Å²) in [5.74, 6) is -0.982. The van der Waals surface area contributed by atoms with Crippen LogP contribution in [0.3, 0.4) is 0 Å². The molecule has 0 spiro atoms. The number of carboxylic acids is 1. The average Bonchev–Trinajstić information content (AvgIpc) is 2.73. The number of nitrogens with zero attached hydrogens (tertiary/aromatic N) is 1. The minimum atomic E-state index is -0.982. The lowest BCUT2D eigenvalue weighted by Crippen LogP contribution is -2.46. The van der Waals surface area contributed by atoms with Gasteiger partial charge in [-0.05, 0) is 17.4 Å². The van der Waals surface area contributed by atoms with Crippen molar-refractivity contribution in [2.24, 2.45) is 5.41 Å². The summed E-state index contributed by atoms with van der Waals surface area (Å²) in [6.45, 7) is 4.28. The Morgan fingerprint density at radius 2 is 2.00 bits per heavy atom. The van der Waals surface area contributed by atoms with Gasteiger partial charge in [0.25, 0.3) is 0 Å². The highest BCUT2D eigenvalue weighted by Gasteiger charge is 2.47. The molecule has 0 bridgehead atoms. The van der Waals surface area contributed by atoms with E-state index in [0.717, 1.165) is 5.56 Å². The molecule has 1 aromatic carbocycles. The van der Waals surface area contributed by atoms with Gasteiger partial charge in [-0.25, -0.2) is 9.59 Å². The van der Waals surface area contributed by atoms with Gasteiger partial charge in [0.05, 0.1) is 0 Å². The third-order valence-electron chi connectivity index (χ3n) is 3.72. The molecule has 1 fully saturated rings. The number of hydrogen-bond acceptors (Lipinski definition) is 3. The van der Waals surface area contributed by atoms with Gasteiger partial charge in [0.2, 0.25) is 0 Å². The van der Waals surface area contributed by atoms with E-state index in [4.69, 9.17) is 4.74 Å². The Morgan fingerprint density at radius 1 is 1.35 bits per heavy atom. The van der Waals surface area contributed by atoms with Crippen LogP contribution in [0.5, 0.6) is 0 Å². The van der Waals surface area contributed by atoms with E-state index >= 15 is 0 Å². The smallest absolute Gasteiger partial charge is 0.410 e. The summed E-state index contributed by atoms with van der Waals surface area (Å²) in [5, 5.41) is 9.30. The lowest BCUT2D eigenvalue weighted by molar-refractivity contribution is -0.144. The average molecular weight is 277 g/mol. The molecule has 1 unspecified atom stereocenters. The quantitative estimate of drug-likeness (QED) is 0.921. The molecule has 1 heterocycles. The molecule has 1 aromatic rings. The summed E-state index contributed by atoms with van der Waals surface area (Å²) in [4.78, 5) is 24.7. The van der Waals surface area contributed by atoms with Crippen molar-refractivity contribution in [3.63, 3.8) is 0 Å². The Hall–Kier alpha value is -2.04. The Bertz CT molecular complexity index is 498. The molecule has 5 nitrogen and oxygen atoms in total. The fourth-order valence-corrected chi connectivity index (χ4v) is 2.56. The minimum absolute atomic E-state index is 0.156. The Balaban J connectivity index is 2.00. The first-order valence-corrected chi connectivity index (χ1v) is 6.62. The van der Waals surface area contributed by atoms with Crippen molar-refractivity contribution in [1.29, 1.82) is 0 Å². The Kier molecular flexibility index (Phi) is 3.97. The van der Waals surface area contributed by atoms with E-state index in [9.17, 15) is 14.7 Å². The topological polar surface area (TPSA) is 66.8 Å². The van der Waals surface area contributed by atoms with E-state index < -0.39 is 23.5 Å². The van der Waals surface area contributed by atoms with Crippen LogP contribution in [-0.4, -0.2) is 34.7 Å². The molecule has 0 aromatic heterocycles. The summed E-state index contributed by atoms with van der Waals surface area (Å²) >= 11 is 0. The van der Waals surface area contributed by atoms with Gasteiger partial charge in [-0.2, -0.15) is 0 Å². The molecule has 108 valence electrons. The molecule has 1 N–H and O–H groups in total. The third kappa shape index (κ3) is 2.92. The van der Waals surface area contributed by atoms with Gasteiger partial charge in [-0.15, -0.1) is 0 Å². The van der Waals surface area contributed by atoms with Crippen LogP contribution in [-0.2, 0) is 16.1 Å². The molecular weight excluding hydrogens is 258 g/mol. The summed E-state index contributed by atoms with van der Waals surface area (Å²) in [6.07, 6.45) is 0.0940. The first-order valence-electron chi connectivity index (χ1n) is 6.62. The number of rotatable bonds is 3. The fraction of sp³-hybridized carbons (Fsp3) is 0.467. The molecule has 0 saturated carbocycles. The molecular formula is C15H19NO4. The molecule has 1 atom stereocenters. The molecule has 1 saturated heterocycles. The van der Waals surface area contributed by atoms with Crippen molar-refractivity contribution in [3.8, 4) is 0 Å². The molecule has 5 heteroatoms. The standard InChI is InChI=1S/C15H19NO4/c1-15(2)8-9-16(12(15)13(17)18)14(19)20-10-11-6-4-3-5-7-11/h3-7,12H,8-10H2,1-2H3,(H,17,18). The predicted molar refractivity (Wildman–Crippen MR) is 73.2 cm³/mol. The van der Waals surface area contributed by atoms with E-state index in [-0.39, 0.29) is 6.61 Å².